The van der Waals surface area contributed by atoms with Crippen LogP contribution in [0.1, 0.15) is 27.2 Å². The molecule has 18 heavy (non-hydrogen) atoms. The topological polar surface area (TPSA) is 86.0 Å². The van der Waals surface area contributed by atoms with Gasteiger partial charge in [0, 0.05) is 6.42 Å². The molecule has 0 aromatic carbocycles. The Morgan fingerprint density at radius 2 is 1.61 bits per heavy atom. The number of amides is 2. The fourth-order valence-corrected chi connectivity index (χ4v) is 1.13. The Morgan fingerprint density at radius 3 is 2.06 bits per heavy atom. The normalized spacial score (nSPS) is 9.11. The van der Waals surface area contributed by atoms with Gasteiger partial charge in [-0.05, 0) is 19.2 Å². The number of likely N-dealkylation sites (N-methyl/N-ethyl adjacent to an activating group) is 1. The first-order valence-corrected chi connectivity index (χ1v) is 6.09. The van der Waals surface area contributed by atoms with Crippen LogP contribution in [0.5, 0.6) is 0 Å². The molecule has 0 fully saturated rings. The molecule has 1 aromatic heterocycles. The number of H-pyrrole nitrogens is 1. The largest absolute Gasteiger partial charge is 0.328 e. The summed E-state index contributed by atoms with van der Waals surface area (Å²) in [5.74, 6) is 0.922. The van der Waals surface area contributed by atoms with Crippen molar-refractivity contribution in [3.63, 3.8) is 0 Å². The Labute approximate surface area is 108 Å². The second-order valence-corrected chi connectivity index (χ2v) is 3.27. The zero-order chi connectivity index (χ0) is 14.0. The van der Waals surface area contributed by atoms with Crippen molar-refractivity contribution >= 4 is 23.5 Å². The fraction of sp³-hybridized carbons (Fsp3) is 0.500. The quantitative estimate of drug-likeness (QED) is 0.643. The van der Waals surface area contributed by atoms with Gasteiger partial charge in [0.25, 0.3) is 0 Å². The molecule has 4 N–H and O–H groups in total. The molecule has 102 valence electrons. The molecule has 2 amide bonds. The van der Waals surface area contributed by atoms with Crippen molar-refractivity contribution in [1.29, 1.82) is 0 Å². The van der Waals surface area contributed by atoms with Crippen LogP contribution in [0, 0.1) is 0 Å². The van der Waals surface area contributed by atoms with Crippen molar-refractivity contribution in [1.82, 2.24) is 10.3 Å². The Hall–Kier alpha value is -1.82. The first kappa shape index (κ1) is 16.2. The summed E-state index contributed by atoms with van der Waals surface area (Å²) in [5, 5.41) is 8.04. The first-order valence-electron chi connectivity index (χ1n) is 6.09. The highest BCUT2D eigenvalue weighted by Gasteiger charge is 2.04. The minimum Gasteiger partial charge on any atom is -0.328 e. The van der Waals surface area contributed by atoms with E-state index >= 15 is 0 Å². The summed E-state index contributed by atoms with van der Waals surface area (Å²) in [5.41, 5.74) is 0. The molecule has 0 atom stereocenters. The van der Waals surface area contributed by atoms with Crippen LogP contribution in [0.2, 0.25) is 0 Å². The fourth-order valence-electron chi connectivity index (χ4n) is 1.13. The number of aromatic amines is 1. The van der Waals surface area contributed by atoms with E-state index in [4.69, 9.17) is 0 Å². The van der Waals surface area contributed by atoms with Crippen LogP contribution in [0.3, 0.4) is 0 Å². The predicted octanol–water partition coefficient (Wildman–Crippen LogP) is 1.55. The number of carbonyl (C=O) groups excluding carboxylic acids is 2. The Bertz CT molecular complexity index is 374. The highest BCUT2D eigenvalue weighted by atomic mass is 16.2. The summed E-state index contributed by atoms with van der Waals surface area (Å²) in [4.78, 5) is 25.2. The number of rotatable bonds is 5. The number of aromatic nitrogens is 1. The maximum atomic E-state index is 11.2. The predicted molar refractivity (Wildman–Crippen MR) is 73.6 cm³/mol. The third-order valence-corrected chi connectivity index (χ3v) is 1.89. The van der Waals surface area contributed by atoms with E-state index in [9.17, 15) is 9.59 Å². The van der Waals surface area contributed by atoms with E-state index in [1.165, 1.54) is 0 Å². The average molecular weight is 254 g/mol. The number of hydrogen-bond acceptors (Lipinski definition) is 3. The van der Waals surface area contributed by atoms with Gasteiger partial charge in [-0.1, -0.05) is 20.8 Å². The van der Waals surface area contributed by atoms with Gasteiger partial charge in [0.15, 0.2) is 0 Å². The Morgan fingerprint density at radius 1 is 1.11 bits per heavy atom. The van der Waals surface area contributed by atoms with Gasteiger partial charge in [0.1, 0.15) is 11.6 Å². The molecule has 0 radical (unpaired) electrons. The van der Waals surface area contributed by atoms with Crippen LogP contribution in [0.25, 0.3) is 0 Å². The first-order chi connectivity index (χ1) is 8.65. The molecule has 6 heteroatoms. The Kier molecular flexibility index (Phi) is 8.30. The monoisotopic (exact) mass is 254 g/mol. The summed E-state index contributed by atoms with van der Waals surface area (Å²) in [6.45, 7) is 6.02. The van der Waals surface area contributed by atoms with Crippen molar-refractivity contribution in [3.05, 3.63) is 12.1 Å². The lowest BCUT2D eigenvalue weighted by molar-refractivity contribution is -0.116. The second-order valence-electron chi connectivity index (χ2n) is 3.27. The van der Waals surface area contributed by atoms with Gasteiger partial charge < -0.3 is 20.9 Å². The third kappa shape index (κ3) is 6.05. The van der Waals surface area contributed by atoms with Crippen molar-refractivity contribution < 1.29 is 9.59 Å². The summed E-state index contributed by atoms with van der Waals surface area (Å²) in [6.07, 6.45) is 0.417. The molecule has 0 aliphatic carbocycles. The van der Waals surface area contributed by atoms with Crippen molar-refractivity contribution in [2.45, 2.75) is 27.2 Å². The van der Waals surface area contributed by atoms with Gasteiger partial charge >= 0.3 is 0 Å². The smallest absolute Gasteiger partial charge is 0.239 e. The van der Waals surface area contributed by atoms with Crippen molar-refractivity contribution in [3.8, 4) is 0 Å². The van der Waals surface area contributed by atoms with Gasteiger partial charge in [-0.3, -0.25) is 9.59 Å². The lowest BCUT2D eigenvalue weighted by atomic mass is 10.4. The third-order valence-electron chi connectivity index (χ3n) is 1.89. The highest BCUT2D eigenvalue weighted by Crippen LogP contribution is 2.11. The molecule has 0 aliphatic heterocycles. The van der Waals surface area contributed by atoms with Crippen LogP contribution in [0.15, 0.2) is 12.1 Å². The lowest BCUT2D eigenvalue weighted by Gasteiger charge is -2.02. The van der Waals surface area contributed by atoms with E-state index in [-0.39, 0.29) is 18.4 Å². The number of anilines is 2. The second kappa shape index (κ2) is 9.23. The van der Waals surface area contributed by atoms with E-state index in [1.54, 1.807) is 26.1 Å². The van der Waals surface area contributed by atoms with Crippen LogP contribution in [0.4, 0.5) is 11.6 Å². The maximum absolute atomic E-state index is 11.2. The standard InChI is InChI=1S/C10H16N4O2.C2H6/c1-3-9(15)13-7-4-5-8(12-7)14-10(16)6-11-2;1-2/h4-5,11-12H,3,6H2,1-2H3,(H,13,15)(H,14,16);1-2H3. The molecule has 0 aliphatic rings. The van der Waals surface area contributed by atoms with E-state index in [0.29, 0.717) is 18.1 Å². The van der Waals surface area contributed by atoms with Crippen LogP contribution in [-0.4, -0.2) is 30.4 Å². The molecule has 1 rings (SSSR count). The molecule has 0 saturated carbocycles. The van der Waals surface area contributed by atoms with Crippen molar-refractivity contribution in [2.24, 2.45) is 0 Å². The zero-order valence-electron chi connectivity index (χ0n) is 11.4. The van der Waals surface area contributed by atoms with Gasteiger partial charge in [-0.2, -0.15) is 0 Å². The maximum Gasteiger partial charge on any atom is 0.239 e. The summed E-state index contributed by atoms with van der Waals surface area (Å²) < 4.78 is 0. The van der Waals surface area contributed by atoms with E-state index < -0.39 is 0 Å². The zero-order valence-corrected chi connectivity index (χ0v) is 11.4. The highest BCUT2D eigenvalue weighted by molar-refractivity contribution is 5.93. The molecule has 1 heterocycles. The number of hydrogen-bond donors (Lipinski definition) is 4. The van der Waals surface area contributed by atoms with E-state index in [0.717, 1.165) is 0 Å². The average Bonchev–Trinajstić information content (AvgIpc) is 2.79. The van der Waals surface area contributed by atoms with Crippen LogP contribution in [-0.2, 0) is 9.59 Å². The van der Waals surface area contributed by atoms with Gasteiger partial charge in [-0.15, -0.1) is 0 Å². The molecule has 0 saturated heterocycles. The minimum absolute atomic E-state index is 0.0741. The van der Waals surface area contributed by atoms with Gasteiger partial charge in [0.2, 0.25) is 11.8 Å². The van der Waals surface area contributed by atoms with Crippen LogP contribution >= 0.6 is 0 Å². The molecule has 0 unspecified atom stereocenters. The van der Waals surface area contributed by atoms with E-state index in [1.807, 2.05) is 13.8 Å². The summed E-state index contributed by atoms with van der Waals surface area (Å²) >= 11 is 0. The molecule has 0 bridgehead atoms. The van der Waals surface area contributed by atoms with Crippen LogP contribution < -0.4 is 16.0 Å². The molecule has 0 spiro atoms. The van der Waals surface area contributed by atoms with Gasteiger partial charge in [-0.25, -0.2) is 0 Å². The Balaban J connectivity index is 0.00000137. The van der Waals surface area contributed by atoms with Gasteiger partial charge in [0.05, 0.1) is 6.54 Å². The minimum atomic E-state index is -0.141. The molecular weight excluding hydrogens is 232 g/mol. The molecule has 1 aromatic rings. The van der Waals surface area contributed by atoms with E-state index in [2.05, 4.69) is 20.9 Å². The summed E-state index contributed by atoms with van der Waals surface area (Å²) in [7, 11) is 1.70. The molecular formula is C12H22N4O2. The lowest BCUT2D eigenvalue weighted by Crippen LogP contribution is -2.25. The summed E-state index contributed by atoms with van der Waals surface area (Å²) in [6, 6.07) is 3.39. The molecule has 6 nitrogen and oxygen atoms in total. The SMILES string of the molecule is CC.CCC(=O)Nc1ccc(NC(=O)CNC)[nH]1. The van der Waals surface area contributed by atoms with Crippen molar-refractivity contribution in [2.75, 3.05) is 24.2 Å². The number of carbonyl (C=O) groups is 2. The number of nitrogens with one attached hydrogen (secondary N) is 4.